The summed E-state index contributed by atoms with van der Waals surface area (Å²) in [7, 11) is 3.20. The lowest BCUT2D eigenvalue weighted by Gasteiger charge is -2.32. The zero-order valence-corrected chi connectivity index (χ0v) is 17.9. The van der Waals surface area contributed by atoms with Crippen LogP contribution in [0.3, 0.4) is 0 Å². The summed E-state index contributed by atoms with van der Waals surface area (Å²) < 4.78 is 10.5. The van der Waals surface area contributed by atoms with Gasteiger partial charge >= 0.3 is 0 Å². The molecule has 0 aliphatic carbocycles. The highest BCUT2D eigenvalue weighted by molar-refractivity contribution is 6.31. The molecule has 29 heavy (non-hydrogen) atoms. The number of carbonyl (C=O) groups excluding carboxylic acids is 1. The van der Waals surface area contributed by atoms with Gasteiger partial charge in [0.15, 0.2) is 11.5 Å². The van der Waals surface area contributed by atoms with E-state index < -0.39 is 0 Å². The van der Waals surface area contributed by atoms with Gasteiger partial charge in [0.1, 0.15) is 0 Å². The van der Waals surface area contributed by atoms with Gasteiger partial charge in [0.05, 0.1) is 20.6 Å². The van der Waals surface area contributed by atoms with Crippen LogP contribution in [-0.2, 0) is 17.8 Å². The van der Waals surface area contributed by atoms with E-state index in [4.69, 9.17) is 21.1 Å². The molecule has 0 spiro atoms. The zero-order chi connectivity index (χ0) is 20.6. The SMILES string of the molecule is COc1ccc(CC(=O)NCC2CCN(Cc3ccccc3Cl)CC2)cc1OC. The normalized spacial score (nSPS) is 15.1. The number of likely N-dealkylation sites (tertiary alicyclic amines) is 1. The number of amides is 1. The molecule has 1 saturated heterocycles. The molecule has 1 N–H and O–H groups in total. The summed E-state index contributed by atoms with van der Waals surface area (Å²) in [5, 5.41) is 3.92. The number of rotatable bonds is 8. The quantitative estimate of drug-likeness (QED) is 0.708. The fourth-order valence-corrected chi connectivity index (χ4v) is 3.91. The Balaban J connectivity index is 1.41. The first-order valence-electron chi connectivity index (χ1n) is 10.0. The van der Waals surface area contributed by atoms with E-state index in [-0.39, 0.29) is 5.91 Å². The summed E-state index contributed by atoms with van der Waals surface area (Å²) in [6.45, 7) is 3.67. The predicted molar refractivity (Wildman–Crippen MR) is 116 cm³/mol. The number of hydrogen-bond donors (Lipinski definition) is 1. The van der Waals surface area contributed by atoms with Gasteiger partial charge in [-0.25, -0.2) is 0 Å². The lowest BCUT2D eigenvalue weighted by Crippen LogP contribution is -2.38. The molecule has 2 aromatic carbocycles. The van der Waals surface area contributed by atoms with Crippen molar-refractivity contribution in [2.45, 2.75) is 25.8 Å². The van der Waals surface area contributed by atoms with Crippen molar-refractivity contribution in [1.82, 2.24) is 10.2 Å². The van der Waals surface area contributed by atoms with Crippen molar-refractivity contribution in [3.05, 3.63) is 58.6 Å². The number of halogens is 1. The van der Waals surface area contributed by atoms with Crippen LogP contribution in [-0.4, -0.2) is 44.7 Å². The van der Waals surface area contributed by atoms with E-state index in [1.54, 1.807) is 14.2 Å². The minimum absolute atomic E-state index is 0.0377. The Morgan fingerprint density at radius 2 is 1.83 bits per heavy atom. The molecule has 1 heterocycles. The van der Waals surface area contributed by atoms with Gasteiger partial charge in [-0.2, -0.15) is 0 Å². The second-order valence-electron chi connectivity index (χ2n) is 7.48. The lowest BCUT2D eigenvalue weighted by molar-refractivity contribution is -0.120. The number of hydrogen-bond acceptors (Lipinski definition) is 4. The highest BCUT2D eigenvalue weighted by atomic mass is 35.5. The Morgan fingerprint density at radius 1 is 1.10 bits per heavy atom. The predicted octanol–water partition coefficient (Wildman–Crippen LogP) is 3.93. The van der Waals surface area contributed by atoms with Gasteiger partial charge < -0.3 is 14.8 Å². The number of carbonyl (C=O) groups is 1. The fraction of sp³-hybridized carbons (Fsp3) is 0.435. The van der Waals surface area contributed by atoms with Gasteiger partial charge in [-0.3, -0.25) is 9.69 Å². The van der Waals surface area contributed by atoms with E-state index in [9.17, 15) is 4.79 Å². The van der Waals surface area contributed by atoms with Crippen LogP contribution in [0.1, 0.15) is 24.0 Å². The molecule has 1 amide bonds. The number of nitrogens with zero attached hydrogens (tertiary/aromatic N) is 1. The van der Waals surface area contributed by atoms with Crippen LogP contribution in [0.4, 0.5) is 0 Å². The summed E-state index contributed by atoms with van der Waals surface area (Å²) in [5.74, 6) is 1.87. The van der Waals surface area contributed by atoms with E-state index in [2.05, 4.69) is 16.3 Å². The Morgan fingerprint density at radius 3 is 2.52 bits per heavy atom. The van der Waals surface area contributed by atoms with E-state index in [0.29, 0.717) is 23.8 Å². The molecule has 2 aromatic rings. The molecule has 1 aliphatic heterocycles. The number of ether oxygens (including phenoxy) is 2. The Bertz CT molecular complexity index is 820. The summed E-state index contributed by atoms with van der Waals surface area (Å²) >= 11 is 6.27. The molecule has 0 saturated carbocycles. The lowest BCUT2D eigenvalue weighted by atomic mass is 9.96. The van der Waals surface area contributed by atoms with Gasteiger partial charge in [0.25, 0.3) is 0 Å². The third kappa shape index (κ3) is 6.12. The van der Waals surface area contributed by atoms with E-state index in [1.165, 1.54) is 5.56 Å². The minimum atomic E-state index is 0.0377. The molecule has 1 aliphatic rings. The van der Waals surface area contributed by atoms with Crippen LogP contribution in [0.15, 0.2) is 42.5 Å². The van der Waals surface area contributed by atoms with Gasteiger partial charge in [-0.05, 0) is 61.2 Å². The van der Waals surface area contributed by atoms with E-state index >= 15 is 0 Å². The molecule has 6 heteroatoms. The van der Waals surface area contributed by atoms with E-state index in [1.807, 2.05) is 36.4 Å². The van der Waals surface area contributed by atoms with Crippen molar-refractivity contribution in [2.24, 2.45) is 5.92 Å². The molecule has 0 radical (unpaired) electrons. The number of piperidine rings is 1. The maximum atomic E-state index is 12.3. The van der Waals surface area contributed by atoms with Crippen LogP contribution in [0.2, 0.25) is 5.02 Å². The largest absolute Gasteiger partial charge is 0.493 e. The number of benzene rings is 2. The third-order valence-electron chi connectivity index (χ3n) is 5.46. The first-order valence-corrected chi connectivity index (χ1v) is 10.4. The third-order valence-corrected chi connectivity index (χ3v) is 5.83. The molecule has 0 bridgehead atoms. The van der Waals surface area contributed by atoms with Gasteiger partial charge in [0, 0.05) is 18.1 Å². The highest BCUT2D eigenvalue weighted by Gasteiger charge is 2.20. The molecular formula is C23H29ClN2O3. The highest BCUT2D eigenvalue weighted by Crippen LogP contribution is 2.27. The molecule has 5 nitrogen and oxygen atoms in total. The first-order chi connectivity index (χ1) is 14.1. The average Bonchev–Trinajstić information content (AvgIpc) is 2.74. The fourth-order valence-electron chi connectivity index (χ4n) is 3.71. The smallest absolute Gasteiger partial charge is 0.224 e. The number of methoxy groups -OCH3 is 2. The van der Waals surface area contributed by atoms with Crippen molar-refractivity contribution in [3.63, 3.8) is 0 Å². The van der Waals surface area contributed by atoms with Crippen molar-refractivity contribution in [3.8, 4) is 11.5 Å². The van der Waals surface area contributed by atoms with Crippen molar-refractivity contribution in [1.29, 1.82) is 0 Å². The van der Waals surface area contributed by atoms with Crippen LogP contribution >= 0.6 is 11.6 Å². The molecule has 0 unspecified atom stereocenters. The Labute approximate surface area is 177 Å². The molecule has 1 fully saturated rings. The van der Waals surface area contributed by atoms with Gasteiger partial charge in [-0.1, -0.05) is 35.9 Å². The van der Waals surface area contributed by atoms with Crippen LogP contribution < -0.4 is 14.8 Å². The second-order valence-corrected chi connectivity index (χ2v) is 7.89. The van der Waals surface area contributed by atoms with Crippen LogP contribution in [0.5, 0.6) is 11.5 Å². The van der Waals surface area contributed by atoms with Crippen molar-refractivity contribution in [2.75, 3.05) is 33.9 Å². The van der Waals surface area contributed by atoms with Crippen molar-refractivity contribution < 1.29 is 14.3 Å². The topological polar surface area (TPSA) is 50.8 Å². The molecular weight excluding hydrogens is 388 g/mol. The van der Waals surface area contributed by atoms with Gasteiger partial charge in [0.2, 0.25) is 5.91 Å². The maximum absolute atomic E-state index is 12.3. The summed E-state index contributed by atoms with van der Waals surface area (Å²) in [5.41, 5.74) is 2.09. The monoisotopic (exact) mass is 416 g/mol. The number of nitrogens with one attached hydrogen (secondary N) is 1. The summed E-state index contributed by atoms with van der Waals surface area (Å²) in [6, 6.07) is 13.6. The maximum Gasteiger partial charge on any atom is 0.224 e. The Hall–Kier alpha value is -2.24. The van der Waals surface area contributed by atoms with Crippen LogP contribution in [0, 0.1) is 5.92 Å². The standard InChI is InChI=1S/C23H29ClN2O3/c1-28-21-8-7-18(13-22(21)29-2)14-23(27)25-15-17-9-11-26(12-10-17)16-19-5-3-4-6-20(19)24/h3-8,13,17H,9-12,14-16H2,1-2H3,(H,25,27). The van der Waals surface area contributed by atoms with Crippen LogP contribution in [0.25, 0.3) is 0 Å². The minimum Gasteiger partial charge on any atom is -0.493 e. The Kier molecular flexibility index (Phi) is 7.78. The first kappa shape index (κ1) is 21.5. The zero-order valence-electron chi connectivity index (χ0n) is 17.1. The van der Waals surface area contributed by atoms with Crippen molar-refractivity contribution >= 4 is 17.5 Å². The second kappa shape index (κ2) is 10.5. The van der Waals surface area contributed by atoms with E-state index in [0.717, 1.165) is 49.6 Å². The molecule has 156 valence electrons. The molecule has 0 atom stereocenters. The van der Waals surface area contributed by atoms with Gasteiger partial charge in [-0.15, -0.1) is 0 Å². The molecule has 0 aromatic heterocycles. The average molecular weight is 417 g/mol. The summed E-state index contributed by atoms with van der Waals surface area (Å²) in [6.07, 6.45) is 2.51. The summed E-state index contributed by atoms with van der Waals surface area (Å²) in [4.78, 5) is 14.8. The molecule has 3 rings (SSSR count).